The molecule has 5 N–H and O–H groups in total. The second-order valence-corrected chi connectivity index (χ2v) is 9.45. The molecule has 10 nitrogen and oxygen atoms in total. The number of nitrogen functional groups attached to an aromatic ring is 1. The number of aliphatic carboxylic acids is 1. The van der Waals surface area contributed by atoms with Crippen LogP contribution < -0.4 is 16.4 Å². The third-order valence-corrected chi connectivity index (χ3v) is 5.70. The minimum absolute atomic E-state index is 0.212. The van der Waals surface area contributed by atoms with Crippen molar-refractivity contribution in [1.29, 1.82) is 0 Å². The largest absolute Gasteiger partial charge is 0.481 e. The van der Waals surface area contributed by atoms with E-state index in [1.807, 2.05) is 0 Å². The lowest BCUT2D eigenvalue weighted by molar-refractivity contribution is -0.143. The number of carbonyl (C=O) groups excluding carboxylic acids is 4. The number of aldehydes is 1. The van der Waals surface area contributed by atoms with Gasteiger partial charge in [0.15, 0.2) is 0 Å². The highest BCUT2D eigenvalue weighted by molar-refractivity contribution is 6.33. The third-order valence-electron chi connectivity index (χ3n) is 5.38. The first-order valence-corrected chi connectivity index (χ1v) is 10.9. The van der Waals surface area contributed by atoms with Crippen LogP contribution in [0.2, 0.25) is 5.02 Å². The Hall–Kier alpha value is -3.14. The van der Waals surface area contributed by atoms with Gasteiger partial charge in [-0.2, -0.15) is 0 Å². The van der Waals surface area contributed by atoms with Crippen molar-refractivity contribution in [2.75, 3.05) is 12.3 Å². The summed E-state index contributed by atoms with van der Waals surface area (Å²) < 4.78 is 0. The molecule has 3 atom stereocenters. The Morgan fingerprint density at radius 1 is 1.27 bits per heavy atom. The van der Waals surface area contributed by atoms with Gasteiger partial charge in [0.25, 0.3) is 5.91 Å². The van der Waals surface area contributed by atoms with Gasteiger partial charge in [0, 0.05) is 12.1 Å². The van der Waals surface area contributed by atoms with Gasteiger partial charge < -0.3 is 31.2 Å². The molecule has 0 aromatic heterocycles. The number of amides is 3. The van der Waals surface area contributed by atoms with Crippen LogP contribution in [0.4, 0.5) is 5.69 Å². The van der Waals surface area contributed by atoms with E-state index in [-0.39, 0.29) is 17.1 Å². The molecule has 1 aliphatic rings. The normalized spacial score (nSPS) is 17.7. The molecule has 0 aliphatic carbocycles. The summed E-state index contributed by atoms with van der Waals surface area (Å²) in [5.74, 6) is -2.81. The molecule has 3 amide bonds. The van der Waals surface area contributed by atoms with Crippen LogP contribution in [-0.4, -0.2) is 64.7 Å². The van der Waals surface area contributed by atoms with E-state index >= 15 is 0 Å². The maximum absolute atomic E-state index is 13.4. The zero-order valence-corrected chi connectivity index (χ0v) is 19.5. The number of nitrogens with zero attached hydrogens (tertiary/aromatic N) is 1. The SMILES string of the molecule is CC(C)(C)[C@H](NC(=O)c1ccc(N)c(Cl)c1)C(=O)N1CCC[C@H]1C(=O)NC(C=O)CC(=O)O. The summed E-state index contributed by atoms with van der Waals surface area (Å²) >= 11 is 6.00. The van der Waals surface area contributed by atoms with Crippen LogP contribution >= 0.6 is 11.6 Å². The van der Waals surface area contributed by atoms with Crippen LogP contribution in [0.5, 0.6) is 0 Å². The number of halogens is 1. The van der Waals surface area contributed by atoms with Crippen molar-refractivity contribution in [3.63, 3.8) is 0 Å². The number of anilines is 1. The number of benzene rings is 1. The number of carboxylic acids is 1. The molecule has 1 heterocycles. The summed E-state index contributed by atoms with van der Waals surface area (Å²) in [7, 11) is 0. The maximum Gasteiger partial charge on any atom is 0.305 e. The van der Waals surface area contributed by atoms with Gasteiger partial charge in [-0.1, -0.05) is 32.4 Å². The summed E-state index contributed by atoms with van der Waals surface area (Å²) in [5.41, 5.74) is 5.55. The zero-order chi connectivity index (χ0) is 24.9. The van der Waals surface area contributed by atoms with Gasteiger partial charge in [0.05, 0.1) is 23.2 Å². The lowest BCUT2D eigenvalue weighted by atomic mass is 9.85. The molecule has 1 aliphatic heterocycles. The Labute approximate surface area is 196 Å². The molecule has 180 valence electrons. The first-order valence-electron chi connectivity index (χ1n) is 10.5. The van der Waals surface area contributed by atoms with E-state index in [2.05, 4.69) is 10.6 Å². The molecule has 0 radical (unpaired) electrons. The predicted octanol–water partition coefficient (Wildman–Crippen LogP) is 1.22. The smallest absolute Gasteiger partial charge is 0.305 e. The van der Waals surface area contributed by atoms with Crippen molar-refractivity contribution in [2.24, 2.45) is 5.41 Å². The van der Waals surface area contributed by atoms with E-state index in [9.17, 15) is 24.0 Å². The van der Waals surface area contributed by atoms with E-state index in [4.69, 9.17) is 22.4 Å². The number of carboxylic acid groups (broad SMARTS) is 1. The Morgan fingerprint density at radius 3 is 2.48 bits per heavy atom. The minimum atomic E-state index is -1.23. The average Bonchev–Trinajstić information content (AvgIpc) is 3.21. The van der Waals surface area contributed by atoms with Gasteiger partial charge >= 0.3 is 5.97 Å². The van der Waals surface area contributed by atoms with E-state index in [0.717, 1.165) is 0 Å². The minimum Gasteiger partial charge on any atom is -0.481 e. The van der Waals surface area contributed by atoms with Gasteiger partial charge in [0.1, 0.15) is 18.4 Å². The standard InChI is InChI=1S/C22H29ClN4O6/c1-22(2,3)18(26-19(31)12-6-7-15(24)14(23)9-12)21(33)27-8-4-5-16(27)20(32)25-13(11-28)10-17(29)30/h6-7,9,11,13,16,18H,4-5,8,10,24H2,1-3H3,(H,25,32)(H,26,31)(H,29,30)/t13?,16-,18+/m0/s1. The average molecular weight is 481 g/mol. The van der Waals surface area contributed by atoms with Gasteiger partial charge in [0.2, 0.25) is 11.8 Å². The van der Waals surface area contributed by atoms with Gasteiger partial charge in [-0.05, 0) is 36.5 Å². The number of likely N-dealkylation sites (tertiary alicyclic amines) is 1. The van der Waals surface area contributed by atoms with E-state index in [1.54, 1.807) is 20.8 Å². The van der Waals surface area contributed by atoms with Crippen LogP contribution in [0.15, 0.2) is 18.2 Å². The number of nitrogens with two attached hydrogens (primary N) is 1. The van der Waals surface area contributed by atoms with Gasteiger partial charge in [-0.25, -0.2) is 0 Å². The molecule has 33 heavy (non-hydrogen) atoms. The molecule has 1 unspecified atom stereocenters. The van der Waals surface area contributed by atoms with E-state index < -0.39 is 53.7 Å². The summed E-state index contributed by atoms with van der Waals surface area (Å²) in [6.07, 6.45) is 0.700. The first-order chi connectivity index (χ1) is 15.3. The fourth-order valence-electron chi connectivity index (χ4n) is 3.60. The number of hydrogen-bond acceptors (Lipinski definition) is 6. The summed E-state index contributed by atoms with van der Waals surface area (Å²) in [6, 6.07) is 1.37. The van der Waals surface area contributed by atoms with Crippen molar-refractivity contribution < 1.29 is 29.1 Å². The number of hydrogen-bond donors (Lipinski definition) is 4. The van der Waals surface area contributed by atoms with Gasteiger partial charge in [-0.3, -0.25) is 19.2 Å². The Kier molecular flexibility index (Phi) is 8.43. The van der Waals surface area contributed by atoms with Crippen molar-refractivity contribution in [3.8, 4) is 0 Å². The Balaban J connectivity index is 2.20. The molecule has 0 saturated carbocycles. The highest BCUT2D eigenvalue weighted by Gasteiger charge is 2.42. The maximum atomic E-state index is 13.4. The Bertz CT molecular complexity index is 945. The van der Waals surface area contributed by atoms with Gasteiger partial charge in [-0.15, -0.1) is 0 Å². The zero-order valence-electron chi connectivity index (χ0n) is 18.8. The van der Waals surface area contributed by atoms with Crippen LogP contribution in [0.3, 0.4) is 0 Å². The molecule has 1 saturated heterocycles. The first kappa shape index (κ1) is 26.1. The lowest BCUT2D eigenvalue weighted by Gasteiger charge is -2.35. The highest BCUT2D eigenvalue weighted by atomic mass is 35.5. The topological polar surface area (TPSA) is 159 Å². The molecular weight excluding hydrogens is 452 g/mol. The van der Waals surface area contributed by atoms with Crippen molar-refractivity contribution in [3.05, 3.63) is 28.8 Å². The Morgan fingerprint density at radius 2 is 1.94 bits per heavy atom. The highest BCUT2D eigenvalue weighted by Crippen LogP contribution is 2.27. The van der Waals surface area contributed by atoms with E-state index in [1.165, 1.54) is 23.1 Å². The molecule has 1 aromatic carbocycles. The summed E-state index contributed by atoms with van der Waals surface area (Å²) in [4.78, 5) is 62.4. The van der Waals surface area contributed by atoms with Crippen LogP contribution in [0.25, 0.3) is 0 Å². The number of nitrogens with one attached hydrogen (secondary N) is 2. The van der Waals surface area contributed by atoms with Crippen LogP contribution in [0.1, 0.15) is 50.4 Å². The molecule has 1 aromatic rings. The molecule has 1 fully saturated rings. The fraction of sp³-hybridized carbons (Fsp3) is 0.500. The molecule has 2 rings (SSSR count). The fourth-order valence-corrected chi connectivity index (χ4v) is 3.78. The summed E-state index contributed by atoms with van der Waals surface area (Å²) in [6.45, 7) is 5.64. The van der Waals surface area contributed by atoms with Crippen molar-refractivity contribution >= 4 is 47.3 Å². The third kappa shape index (κ3) is 6.67. The van der Waals surface area contributed by atoms with Crippen LogP contribution in [-0.2, 0) is 19.2 Å². The molecule has 0 spiro atoms. The van der Waals surface area contributed by atoms with E-state index in [0.29, 0.717) is 24.8 Å². The number of carbonyl (C=O) groups is 5. The second-order valence-electron chi connectivity index (χ2n) is 9.05. The summed E-state index contributed by atoms with van der Waals surface area (Å²) in [5, 5.41) is 14.2. The monoisotopic (exact) mass is 480 g/mol. The molecule has 11 heteroatoms. The second kappa shape index (κ2) is 10.7. The predicted molar refractivity (Wildman–Crippen MR) is 122 cm³/mol. The van der Waals surface area contributed by atoms with Crippen LogP contribution in [0, 0.1) is 5.41 Å². The quantitative estimate of drug-likeness (QED) is 0.321. The molecular formula is C22H29ClN4O6. The van der Waals surface area contributed by atoms with Crippen molar-refractivity contribution in [1.82, 2.24) is 15.5 Å². The number of rotatable bonds is 8. The lowest BCUT2D eigenvalue weighted by Crippen LogP contribution is -2.58. The van der Waals surface area contributed by atoms with Crippen molar-refractivity contribution in [2.45, 2.75) is 58.2 Å². The molecule has 0 bridgehead atoms.